The summed E-state index contributed by atoms with van der Waals surface area (Å²) in [6.45, 7) is 0.831. The minimum atomic E-state index is -0.394. The van der Waals surface area contributed by atoms with Gasteiger partial charge in [0.25, 0.3) is 0 Å². The van der Waals surface area contributed by atoms with Gasteiger partial charge in [0.05, 0.1) is 12.1 Å². The molecule has 0 amide bonds. The van der Waals surface area contributed by atoms with Crippen molar-refractivity contribution < 1.29 is 5.11 Å². The SMILES string of the molecule is NN1CCC[C@@H](O)[C@@H]1C(c1ccccc1)c1ccccc1. The van der Waals surface area contributed by atoms with E-state index in [1.807, 2.05) is 41.4 Å². The second kappa shape index (κ2) is 6.39. The van der Waals surface area contributed by atoms with Crippen molar-refractivity contribution in [2.24, 2.45) is 5.84 Å². The number of aliphatic hydroxyl groups is 1. The minimum Gasteiger partial charge on any atom is -0.391 e. The van der Waals surface area contributed by atoms with Crippen LogP contribution in [-0.4, -0.2) is 28.8 Å². The maximum atomic E-state index is 10.5. The van der Waals surface area contributed by atoms with Gasteiger partial charge in [-0.2, -0.15) is 0 Å². The zero-order chi connectivity index (χ0) is 14.7. The zero-order valence-electron chi connectivity index (χ0n) is 12.1. The zero-order valence-corrected chi connectivity index (χ0v) is 12.1. The molecule has 0 spiro atoms. The van der Waals surface area contributed by atoms with E-state index in [4.69, 9.17) is 5.84 Å². The van der Waals surface area contributed by atoms with E-state index in [1.165, 1.54) is 11.1 Å². The number of nitrogens with two attached hydrogens (primary N) is 1. The van der Waals surface area contributed by atoms with Crippen molar-refractivity contribution >= 4 is 0 Å². The topological polar surface area (TPSA) is 49.5 Å². The van der Waals surface area contributed by atoms with Crippen LogP contribution in [0.2, 0.25) is 0 Å². The molecular weight excluding hydrogens is 260 g/mol. The van der Waals surface area contributed by atoms with Crippen LogP contribution in [0.1, 0.15) is 29.9 Å². The molecule has 21 heavy (non-hydrogen) atoms. The van der Waals surface area contributed by atoms with E-state index in [2.05, 4.69) is 24.3 Å². The number of hydrogen-bond acceptors (Lipinski definition) is 3. The van der Waals surface area contributed by atoms with E-state index < -0.39 is 6.10 Å². The highest BCUT2D eigenvalue weighted by atomic mass is 16.3. The van der Waals surface area contributed by atoms with Crippen LogP contribution in [0.5, 0.6) is 0 Å². The predicted octanol–water partition coefficient (Wildman–Crippen LogP) is 2.52. The lowest BCUT2D eigenvalue weighted by molar-refractivity contribution is 0.00262. The standard InChI is InChI=1S/C18H22N2O/c19-20-13-7-12-16(21)18(20)17(14-8-3-1-4-9-14)15-10-5-2-6-11-15/h1-6,8-11,16-18,21H,7,12-13,19H2/t16-,18-/m1/s1. The molecule has 2 aromatic carbocycles. The highest BCUT2D eigenvalue weighted by molar-refractivity contribution is 5.35. The number of nitrogens with zero attached hydrogens (tertiary/aromatic N) is 1. The first-order valence-corrected chi connectivity index (χ1v) is 7.56. The molecule has 3 nitrogen and oxygen atoms in total. The summed E-state index contributed by atoms with van der Waals surface area (Å²) < 4.78 is 0. The molecule has 1 heterocycles. The van der Waals surface area contributed by atoms with Crippen molar-refractivity contribution in [3.8, 4) is 0 Å². The monoisotopic (exact) mass is 282 g/mol. The van der Waals surface area contributed by atoms with Crippen LogP contribution in [-0.2, 0) is 0 Å². The van der Waals surface area contributed by atoms with Gasteiger partial charge in [0, 0.05) is 12.5 Å². The van der Waals surface area contributed by atoms with E-state index in [0.29, 0.717) is 0 Å². The molecule has 3 N–H and O–H groups in total. The van der Waals surface area contributed by atoms with Crippen LogP contribution in [0.15, 0.2) is 60.7 Å². The Hall–Kier alpha value is -1.68. The molecule has 2 aromatic rings. The van der Waals surface area contributed by atoms with Crippen molar-refractivity contribution in [1.29, 1.82) is 0 Å². The van der Waals surface area contributed by atoms with Crippen LogP contribution in [0.4, 0.5) is 0 Å². The fourth-order valence-corrected chi connectivity index (χ4v) is 3.35. The summed E-state index contributed by atoms with van der Waals surface area (Å²) >= 11 is 0. The van der Waals surface area contributed by atoms with Gasteiger partial charge in [-0.1, -0.05) is 60.7 Å². The van der Waals surface area contributed by atoms with Crippen molar-refractivity contribution in [3.63, 3.8) is 0 Å². The predicted molar refractivity (Wildman–Crippen MR) is 84.6 cm³/mol. The second-order valence-electron chi connectivity index (χ2n) is 5.74. The van der Waals surface area contributed by atoms with Gasteiger partial charge in [-0.3, -0.25) is 5.84 Å². The molecule has 0 unspecified atom stereocenters. The Morgan fingerprint density at radius 2 is 1.48 bits per heavy atom. The fraction of sp³-hybridized carbons (Fsp3) is 0.333. The van der Waals surface area contributed by atoms with E-state index in [9.17, 15) is 5.11 Å². The van der Waals surface area contributed by atoms with Crippen molar-refractivity contribution in [2.45, 2.75) is 30.9 Å². The average Bonchev–Trinajstić information content (AvgIpc) is 2.53. The molecule has 3 heteroatoms. The summed E-state index contributed by atoms with van der Waals surface area (Å²) in [6.07, 6.45) is 1.37. The van der Waals surface area contributed by atoms with Crippen molar-refractivity contribution in [3.05, 3.63) is 71.8 Å². The van der Waals surface area contributed by atoms with Crippen LogP contribution in [0, 0.1) is 0 Å². The lowest BCUT2D eigenvalue weighted by atomic mass is 9.80. The van der Waals surface area contributed by atoms with Crippen LogP contribution in [0.3, 0.4) is 0 Å². The Labute approximate surface area is 126 Å². The summed E-state index contributed by atoms with van der Waals surface area (Å²) in [6, 6.07) is 20.6. The molecule has 110 valence electrons. The Kier molecular flexibility index (Phi) is 4.34. The van der Waals surface area contributed by atoms with Gasteiger partial charge in [0.1, 0.15) is 0 Å². The Morgan fingerprint density at radius 3 is 1.95 bits per heavy atom. The van der Waals surface area contributed by atoms with Gasteiger partial charge in [-0.05, 0) is 24.0 Å². The molecule has 2 atom stereocenters. The number of hydrazine groups is 1. The summed E-state index contributed by atoms with van der Waals surface area (Å²) in [5.74, 6) is 6.31. The number of piperidine rings is 1. The maximum absolute atomic E-state index is 10.5. The smallest absolute Gasteiger partial charge is 0.0719 e. The first-order chi connectivity index (χ1) is 10.3. The molecule has 1 fully saturated rings. The van der Waals surface area contributed by atoms with E-state index in [1.54, 1.807) is 0 Å². The van der Waals surface area contributed by atoms with Crippen LogP contribution < -0.4 is 5.84 Å². The highest BCUT2D eigenvalue weighted by Crippen LogP contribution is 2.34. The summed E-state index contributed by atoms with van der Waals surface area (Å²) in [4.78, 5) is 0. The van der Waals surface area contributed by atoms with Crippen molar-refractivity contribution in [2.75, 3.05) is 6.54 Å². The number of rotatable bonds is 3. The molecule has 0 aliphatic carbocycles. The van der Waals surface area contributed by atoms with Gasteiger partial charge < -0.3 is 5.11 Å². The third-order valence-corrected chi connectivity index (χ3v) is 4.35. The van der Waals surface area contributed by atoms with Crippen LogP contribution in [0.25, 0.3) is 0 Å². The van der Waals surface area contributed by atoms with E-state index >= 15 is 0 Å². The number of benzene rings is 2. The highest BCUT2D eigenvalue weighted by Gasteiger charge is 2.36. The molecule has 0 aromatic heterocycles. The van der Waals surface area contributed by atoms with Crippen molar-refractivity contribution in [1.82, 2.24) is 5.01 Å². The van der Waals surface area contributed by atoms with Gasteiger partial charge in [-0.15, -0.1) is 0 Å². The lowest BCUT2D eigenvalue weighted by Gasteiger charge is -2.41. The first kappa shape index (κ1) is 14.3. The Balaban J connectivity index is 2.04. The minimum absolute atomic E-state index is 0.0800. The van der Waals surface area contributed by atoms with Gasteiger partial charge in [0.2, 0.25) is 0 Å². The Bertz CT molecular complexity index is 508. The first-order valence-electron chi connectivity index (χ1n) is 7.56. The van der Waals surface area contributed by atoms with E-state index in [0.717, 1.165) is 19.4 Å². The summed E-state index contributed by atoms with van der Waals surface area (Å²) in [5.41, 5.74) is 2.40. The Morgan fingerprint density at radius 1 is 0.952 bits per heavy atom. The van der Waals surface area contributed by atoms with Gasteiger partial charge >= 0.3 is 0 Å². The van der Waals surface area contributed by atoms with Gasteiger partial charge in [0.15, 0.2) is 0 Å². The maximum Gasteiger partial charge on any atom is 0.0719 e. The van der Waals surface area contributed by atoms with E-state index in [-0.39, 0.29) is 12.0 Å². The average molecular weight is 282 g/mol. The molecule has 0 radical (unpaired) electrons. The quantitative estimate of drug-likeness (QED) is 0.851. The molecule has 0 saturated carbocycles. The third kappa shape index (κ3) is 3.00. The molecule has 1 aliphatic rings. The second-order valence-corrected chi connectivity index (χ2v) is 5.74. The number of aliphatic hydroxyl groups excluding tert-OH is 1. The summed E-state index contributed by atoms with van der Waals surface area (Å²) in [5, 5.41) is 12.3. The molecule has 1 saturated heterocycles. The molecule has 3 rings (SSSR count). The largest absolute Gasteiger partial charge is 0.391 e. The normalized spacial score (nSPS) is 23.4. The summed E-state index contributed by atoms with van der Waals surface area (Å²) in [7, 11) is 0. The van der Waals surface area contributed by atoms with Gasteiger partial charge in [-0.25, -0.2) is 5.01 Å². The third-order valence-electron chi connectivity index (χ3n) is 4.35. The lowest BCUT2D eigenvalue weighted by Crippen LogP contribution is -2.54. The number of hydrogen-bond donors (Lipinski definition) is 2. The molecule has 1 aliphatic heterocycles. The fourth-order valence-electron chi connectivity index (χ4n) is 3.35. The molecular formula is C18H22N2O. The molecule has 0 bridgehead atoms. The van der Waals surface area contributed by atoms with Crippen LogP contribution >= 0.6 is 0 Å².